The lowest BCUT2D eigenvalue weighted by molar-refractivity contribution is -0.0153. The van der Waals surface area contributed by atoms with Crippen LogP contribution in [0.25, 0.3) is 5.70 Å². The molecule has 0 fully saturated rings. The smallest absolute Gasteiger partial charge is 0.281 e. The zero-order valence-electron chi connectivity index (χ0n) is 17.7. The maximum Gasteiger partial charge on any atom is 0.281 e. The second kappa shape index (κ2) is 13.6. The molecule has 4 nitrogen and oxygen atoms in total. The van der Waals surface area contributed by atoms with Crippen LogP contribution in [0.3, 0.4) is 0 Å². The number of alkyl halides is 2. The molecule has 0 aliphatic heterocycles. The number of nitrogens with one attached hydrogen (secondary N) is 2. The standard InChI is InChI=1S/C22H30F3N3OP2/c1-4-7-18(20(30)8-5-2)28-19(12-21(26)27-6-3)16-9-15(10-17(23)11-16)13-29-14-22(24,25)31/h3,7-12,21,27-28H,4-5,13-14,26,30-31H2,1-2H3/b18-7+,19-12-,20-8+. The Kier molecular flexibility index (Phi) is 11.9. The van der Waals surface area contributed by atoms with Crippen molar-refractivity contribution < 1.29 is 17.9 Å². The highest BCUT2D eigenvalue weighted by Gasteiger charge is 2.21. The molecule has 0 heterocycles. The van der Waals surface area contributed by atoms with Crippen LogP contribution in [0.5, 0.6) is 0 Å². The highest BCUT2D eigenvalue weighted by atomic mass is 31.0. The van der Waals surface area contributed by atoms with Gasteiger partial charge >= 0.3 is 0 Å². The van der Waals surface area contributed by atoms with Crippen LogP contribution >= 0.6 is 18.5 Å². The third-order valence-corrected chi connectivity index (χ3v) is 4.55. The first kappa shape index (κ1) is 27.2. The predicted octanol–water partition coefficient (Wildman–Crippen LogP) is 4.67. The Balaban J connectivity index is 3.31. The molecule has 0 radical (unpaired) electrons. The summed E-state index contributed by atoms with van der Waals surface area (Å²) in [6, 6.07) is 6.48. The molecule has 0 amide bonds. The summed E-state index contributed by atoms with van der Waals surface area (Å²) in [6.45, 7) is 3.07. The summed E-state index contributed by atoms with van der Waals surface area (Å²) < 4.78 is 45.3. The molecule has 1 aromatic rings. The Labute approximate surface area is 187 Å². The van der Waals surface area contributed by atoms with Gasteiger partial charge in [0.25, 0.3) is 5.66 Å². The van der Waals surface area contributed by atoms with E-state index in [9.17, 15) is 13.2 Å². The van der Waals surface area contributed by atoms with Crippen LogP contribution in [0.2, 0.25) is 0 Å². The fourth-order valence-corrected chi connectivity index (χ4v) is 3.19. The van der Waals surface area contributed by atoms with E-state index in [4.69, 9.17) is 16.9 Å². The van der Waals surface area contributed by atoms with E-state index in [1.54, 1.807) is 12.1 Å². The van der Waals surface area contributed by atoms with E-state index in [1.165, 1.54) is 21.4 Å². The molecule has 0 spiro atoms. The van der Waals surface area contributed by atoms with E-state index in [0.717, 1.165) is 23.9 Å². The number of ether oxygens (including phenoxy) is 1. The SMILES string of the molecule is C#CNC(N)/C=C(\NC(=C/CC)/C(P)=C\CC)c1cc(F)cc(COCC(F)(F)P)c1. The monoisotopic (exact) mass is 471 g/mol. The average Bonchev–Trinajstić information content (AvgIpc) is 2.66. The van der Waals surface area contributed by atoms with E-state index in [-0.39, 0.29) is 6.61 Å². The molecule has 170 valence electrons. The van der Waals surface area contributed by atoms with Gasteiger partial charge in [0.15, 0.2) is 0 Å². The number of allylic oxidation sites excluding steroid dienone is 3. The summed E-state index contributed by atoms with van der Waals surface area (Å²) >= 11 is 0. The van der Waals surface area contributed by atoms with Gasteiger partial charge in [-0.3, -0.25) is 0 Å². The zero-order chi connectivity index (χ0) is 23.4. The van der Waals surface area contributed by atoms with E-state index in [1.807, 2.05) is 26.0 Å². The number of rotatable bonds is 12. The summed E-state index contributed by atoms with van der Waals surface area (Å²) in [5, 5.41) is 6.87. The van der Waals surface area contributed by atoms with Crippen LogP contribution in [0.1, 0.15) is 37.8 Å². The molecule has 0 saturated carbocycles. The first-order valence-electron chi connectivity index (χ1n) is 9.75. The number of terminal acetylenes is 1. The molecule has 0 bridgehead atoms. The number of hydrogen-bond acceptors (Lipinski definition) is 4. The fourth-order valence-electron chi connectivity index (χ4n) is 2.64. The molecule has 3 atom stereocenters. The topological polar surface area (TPSA) is 59.3 Å². The molecule has 1 rings (SSSR count). The van der Waals surface area contributed by atoms with Crippen molar-refractivity contribution >= 4 is 24.2 Å². The van der Waals surface area contributed by atoms with E-state index >= 15 is 0 Å². The van der Waals surface area contributed by atoms with Crippen LogP contribution < -0.4 is 16.4 Å². The van der Waals surface area contributed by atoms with Gasteiger partial charge in [-0.1, -0.05) is 41.7 Å². The van der Waals surface area contributed by atoms with Crippen molar-refractivity contribution in [1.29, 1.82) is 0 Å². The summed E-state index contributed by atoms with van der Waals surface area (Å²) in [6.07, 6.45) is 11.8. The predicted molar refractivity (Wildman–Crippen MR) is 128 cm³/mol. The Morgan fingerprint density at radius 1 is 1.29 bits per heavy atom. The van der Waals surface area contributed by atoms with Crippen molar-refractivity contribution in [3.63, 3.8) is 0 Å². The Morgan fingerprint density at radius 3 is 2.55 bits per heavy atom. The number of benzene rings is 1. The minimum Gasteiger partial charge on any atom is -0.370 e. The van der Waals surface area contributed by atoms with Crippen LogP contribution in [0.4, 0.5) is 13.2 Å². The summed E-state index contributed by atoms with van der Waals surface area (Å²) in [4.78, 5) is 0. The lowest BCUT2D eigenvalue weighted by Gasteiger charge is -2.19. The van der Waals surface area contributed by atoms with Crippen molar-refractivity contribution in [3.8, 4) is 12.5 Å². The third-order valence-electron chi connectivity index (χ3n) is 3.84. The van der Waals surface area contributed by atoms with Crippen molar-refractivity contribution in [2.45, 2.75) is 45.1 Å². The molecule has 0 saturated heterocycles. The maximum absolute atomic E-state index is 14.3. The van der Waals surface area contributed by atoms with Gasteiger partial charge in [-0.2, -0.15) is 8.78 Å². The molecule has 4 N–H and O–H groups in total. The molecule has 0 aliphatic carbocycles. The molecule has 1 aromatic carbocycles. The third kappa shape index (κ3) is 10.8. The molecular formula is C22H30F3N3OP2. The van der Waals surface area contributed by atoms with Gasteiger partial charge in [-0.15, -0.1) is 9.24 Å². The maximum atomic E-state index is 14.3. The number of hydrogen-bond donors (Lipinski definition) is 3. The first-order valence-corrected chi connectivity index (χ1v) is 10.9. The minimum absolute atomic E-state index is 0.168. The van der Waals surface area contributed by atoms with Gasteiger partial charge in [0.1, 0.15) is 18.6 Å². The van der Waals surface area contributed by atoms with Crippen LogP contribution in [0, 0.1) is 18.3 Å². The molecule has 9 heteroatoms. The first-order chi connectivity index (χ1) is 14.6. The summed E-state index contributed by atoms with van der Waals surface area (Å²) in [5.74, 6) is -0.531. The molecule has 31 heavy (non-hydrogen) atoms. The zero-order valence-corrected chi connectivity index (χ0v) is 20.0. The van der Waals surface area contributed by atoms with Crippen LogP contribution in [-0.2, 0) is 11.3 Å². The van der Waals surface area contributed by atoms with E-state index in [0.29, 0.717) is 16.8 Å². The van der Waals surface area contributed by atoms with Crippen molar-refractivity contribution in [2.24, 2.45) is 5.73 Å². The summed E-state index contributed by atoms with van der Waals surface area (Å²) in [5.41, 5.74) is 5.16. The average molecular weight is 471 g/mol. The Hall–Kier alpha value is -1.83. The van der Waals surface area contributed by atoms with Gasteiger partial charge in [0.2, 0.25) is 0 Å². The van der Waals surface area contributed by atoms with Gasteiger partial charge in [-0.25, -0.2) is 4.39 Å². The molecule has 3 unspecified atom stereocenters. The lowest BCUT2D eigenvalue weighted by Crippen LogP contribution is -2.33. The normalized spacial score (nSPS) is 14.2. The van der Waals surface area contributed by atoms with Crippen molar-refractivity contribution in [2.75, 3.05) is 6.61 Å². The molecule has 0 aliphatic rings. The van der Waals surface area contributed by atoms with Crippen LogP contribution in [0.15, 0.2) is 47.4 Å². The number of nitrogens with two attached hydrogens (primary N) is 1. The Morgan fingerprint density at radius 2 is 1.97 bits per heavy atom. The van der Waals surface area contributed by atoms with Gasteiger partial charge in [0, 0.05) is 23.0 Å². The number of halogens is 3. The lowest BCUT2D eigenvalue weighted by atomic mass is 10.1. The van der Waals surface area contributed by atoms with Gasteiger partial charge in [0.05, 0.1) is 6.61 Å². The second-order valence-corrected chi connectivity index (χ2v) is 8.18. The van der Waals surface area contributed by atoms with Crippen LogP contribution in [-0.4, -0.2) is 18.4 Å². The molecular weight excluding hydrogens is 441 g/mol. The Bertz CT molecular complexity index is 859. The minimum atomic E-state index is -3.04. The summed E-state index contributed by atoms with van der Waals surface area (Å²) in [7, 11) is 4.08. The fraction of sp³-hybridized carbons (Fsp3) is 0.364. The van der Waals surface area contributed by atoms with Gasteiger partial charge < -0.3 is 21.1 Å². The van der Waals surface area contributed by atoms with Crippen molar-refractivity contribution in [1.82, 2.24) is 10.6 Å². The largest absolute Gasteiger partial charge is 0.370 e. The van der Waals surface area contributed by atoms with Crippen molar-refractivity contribution in [3.05, 3.63) is 64.4 Å². The van der Waals surface area contributed by atoms with E-state index in [2.05, 4.69) is 25.9 Å². The highest BCUT2D eigenvalue weighted by Crippen LogP contribution is 2.25. The van der Waals surface area contributed by atoms with E-state index < -0.39 is 24.3 Å². The highest BCUT2D eigenvalue weighted by molar-refractivity contribution is 7.23. The quantitative estimate of drug-likeness (QED) is 0.136. The van der Waals surface area contributed by atoms with Gasteiger partial charge in [-0.05, 0) is 48.0 Å². The second-order valence-electron chi connectivity index (χ2n) is 6.72. The molecule has 0 aromatic heterocycles.